The Morgan fingerprint density at radius 3 is 2.54 bits per heavy atom. The summed E-state index contributed by atoms with van der Waals surface area (Å²) in [5.41, 5.74) is 8.26. The van der Waals surface area contributed by atoms with Crippen molar-refractivity contribution in [3.8, 4) is 0 Å². The van der Waals surface area contributed by atoms with Gasteiger partial charge in [-0.3, -0.25) is 4.79 Å². The second kappa shape index (κ2) is 3.47. The molecule has 0 saturated carbocycles. The third kappa shape index (κ3) is 1.99. The molecule has 70 valence electrons. The standard InChI is InChI=1S/C10H14N2O/c1-7-4-5-10(9(11)6-7)12(3)8(2)13/h4-6H,11H2,1-3H3. The molecule has 1 aromatic rings. The Labute approximate surface area is 78.2 Å². The van der Waals surface area contributed by atoms with E-state index < -0.39 is 0 Å². The van der Waals surface area contributed by atoms with E-state index in [9.17, 15) is 4.79 Å². The third-order valence-electron chi connectivity index (χ3n) is 2.02. The number of carbonyl (C=O) groups excluding carboxylic acids is 1. The lowest BCUT2D eigenvalue weighted by Crippen LogP contribution is -2.23. The van der Waals surface area contributed by atoms with Crippen LogP contribution in [0.15, 0.2) is 18.2 Å². The zero-order valence-corrected chi connectivity index (χ0v) is 8.16. The first-order chi connectivity index (χ1) is 6.02. The predicted molar refractivity (Wildman–Crippen MR) is 54.7 cm³/mol. The molecule has 0 heterocycles. The number of aryl methyl sites for hydroxylation is 1. The lowest BCUT2D eigenvalue weighted by Gasteiger charge is -2.17. The fourth-order valence-corrected chi connectivity index (χ4v) is 1.15. The first-order valence-electron chi connectivity index (χ1n) is 4.13. The van der Waals surface area contributed by atoms with Gasteiger partial charge in [0.15, 0.2) is 0 Å². The maximum atomic E-state index is 11.1. The van der Waals surface area contributed by atoms with Gasteiger partial charge in [0.05, 0.1) is 11.4 Å². The zero-order chi connectivity index (χ0) is 10.0. The molecule has 0 radical (unpaired) electrons. The van der Waals surface area contributed by atoms with Gasteiger partial charge in [-0.05, 0) is 24.6 Å². The van der Waals surface area contributed by atoms with Crippen LogP contribution >= 0.6 is 0 Å². The minimum absolute atomic E-state index is 0.0180. The van der Waals surface area contributed by atoms with Gasteiger partial charge in [0.1, 0.15) is 0 Å². The van der Waals surface area contributed by atoms with Crippen LogP contribution in [0.3, 0.4) is 0 Å². The van der Waals surface area contributed by atoms with Crippen molar-refractivity contribution in [3.63, 3.8) is 0 Å². The first kappa shape index (κ1) is 9.58. The Bertz CT molecular complexity index is 334. The van der Waals surface area contributed by atoms with E-state index in [0.29, 0.717) is 5.69 Å². The van der Waals surface area contributed by atoms with Gasteiger partial charge in [0, 0.05) is 14.0 Å². The molecule has 3 heteroatoms. The van der Waals surface area contributed by atoms with Crippen LogP contribution in [0, 0.1) is 6.92 Å². The van der Waals surface area contributed by atoms with Gasteiger partial charge in [-0.2, -0.15) is 0 Å². The molecular formula is C10H14N2O. The summed E-state index contributed by atoms with van der Waals surface area (Å²) in [5, 5.41) is 0. The van der Waals surface area contributed by atoms with E-state index in [1.54, 1.807) is 7.05 Å². The van der Waals surface area contributed by atoms with Crippen LogP contribution in [0.2, 0.25) is 0 Å². The van der Waals surface area contributed by atoms with Crippen LogP contribution in [0.1, 0.15) is 12.5 Å². The van der Waals surface area contributed by atoms with Gasteiger partial charge >= 0.3 is 0 Å². The molecule has 0 fully saturated rings. The molecular weight excluding hydrogens is 164 g/mol. The molecule has 0 aromatic heterocycles. The van der Waals surface area contributed by atoms with Crippen molar-refractivity contribution in [3.05, 3.63) is 23.8 Å². The maximum Gasteiger partial charge on any atom is 0.223 e. The number of hydrogen-bond acceptors (Lipinski definition) is 2. The van der Waals surface area contributed by atoms with Gasteiger partial charge in [-0.1, -0.05) is 6.07 Å². The summed E-state index contributed by atoms with van der Waals surface area (Å²) < 4.78 is 0. The van der Waals surface area contributed by atoms with E-state index in [4.69, 9.17) is 5.73 Å². The van der Waals surface area contributed by atoms with Crippen molar-refractivity contribution in [2.45, 2.75) is 13.8 Å². The zero-order valence-electron chi connectivity index (χ0n) is 8.16. The van der Waals surface area contributed by atoms with Gasteiger partial charge < -0.3 is 10.6 Å². The summed E-state index contributed by atoms with van der Waals surface area (Å²) in [7, 11) is 1.71. The fraction of sp³-hybridized carbons (Fsp3) is 0.300. The molecule has 3 nitrogen and oxygen atoms in total. The van der Waals surface area contributed by atoms with Crippen molar-refractivity contribution in [2.24, 2.45) is 0 Å². The average molecular weight is 178 g/mol. The molecule has 0 atom stereocenters. The topological polar surface area (TPSA) is 46.3 Å². The molecule has 0 aliphatic heterocycles. The number of nitrogens with two attached hydrogens (primary N) is 1. The molecule has 0 bridgehead atoms. The predicted octanol–water partition coefficient (Wildman–Crippen LogP) is 1.56. The van der Waals surface area contributed by atoms with E-state index in [0.717, 1.165) is 11.3 Å². The number of nitrogen functional groups attached to an aromatic ring is 1. The number of benzene rings is 1. The van der Waals surface area contributed by atoms with Gasteiger partial charge in [-0.25, -0.2) is 0 Å². The molecule has 13 heavy (non-hydrogen) atoms. The molecule has 2 N–H and O–H groups in total. The van der Waals surface area contributed by atoms with E-state index >= 15 is 0 Å². The van der Waals surface area contributed by atoms with Crippen LogP contribution in [-0.4, -0.2) is 13.0 Å². The van der Waals surface area contributed by atoms with Crippen LogP contribution in [0.5, 0.6) is 0 Å². The monoisotopic (exact) mass is 178 g/mol. The van der Waals surface area contributed by atoms with Crippen molar-refractivity contribution in [1.29, 1.82) is 0 Å². The van der Waals surface area contributed by atoms with E-state index in [2.05, 4.69) is 0 Å². The smallest absolute Gasteiger partial charge is 0.223 e. The highest BCUT2D eigenvalue weighted by atomic mass is 16.2. The normalized spacial score (nSPS) is 9.77. The molecule has 1 aromatic carbocycles. The van der Waals surface area contributed by atoms with Crippen molar-refractivity contribution in [2.75, 3.05) is 17.7 Å². The maximum absolute atomic E-state index is 11.1. The van der Waals surface area contributed by atoms with Crippen LogP contribution < -0.4 is 10.6 Å². The number of amides is 1. The first-order valence-corrected chi connectivity index (χ1v) is 4.13. The highest BCUT2D eigenvalue weighted by molar-refractivity contribution is 5.94. The molecule has 0 unspecified atom stereocenters. The molecule has 0 spiro atoms. The van der Waals surface area contributed by atoms with E-state index in [-0.39, 0.29) is 5.91 Å². The van der Waals surface area contributed by atoms with E-state index in [1.165, 1.54) is 11.8 Å². The molecule has 0 aliphatic rings. The average Bonchev–Trinajstić information content (AvgIpc) is 2.03. The van der Waals surface area contributed by atoms with Crippen molar-refractivity contribution in [1.82, 2.24) is 0 Å². The SMILES string of the molecule is CC(=O)N(C)c1ccc(C)cc1N. The number of anilines is 2. The summed E-state index contributed by atoms with van der Waals surface area (Å²) in [5.74, 6) is -0.0180. The Balaban J connectivity index is 3.08. The number of carbonyl (C=O) groups is 1. The lowest BCUT2D eigenvalue weighted by molar-refractivity contribution is -0.116. The number of hydrogen-bond donors (Lipinski definition) is 1. The van der Waals surface area contributed by atoms with Crippen LogP contribution in [0.4, 0.5) is 11.4 Å². The van der Waals surface area contributed by atoms with Crippen molar-refractivity contribution < 1.29 is 4.79 Å². The summed E-state index contributed by atoms with van der Waals surface area (Å²) in [6.45, 7) is 3.48. The quantitative estimate of drug-likeness (QED) is 0.663. The Hall–Kier alpha value is -1.51. The Morgan fingerprint density at radius 1 is 1.46 bits per heavy atom. The molecule has 1 amide bonds. The second-order valence-corrected chi connectivity index (χ2v) is 3.14. The van der Waals surface area contributed by atoms with Crippen molar-refractivity contribution >= 4 is 17.3 Å². The number of nitrogens with zero attached hydrogens (tertiary/aromatic N) is 1. The molecule has 0 saturated heterocycles. The number of rotatable bonds is 1. The van der Waals surface area contributed by atoms with Gasteiger partial charge in [-0.15, -0.1) is 0 Å². The highest BCUT2D eigenvalue weighted by Gasteiger charge is 2.08. The van der Waals surface area contributed by atoms with Gasteiger partial charge in [0.25, 0.3) is 0 Å². The summed E-state index contributed by atoms with van der Waals surface area (Å²) in [6, 6.07) is 5.64. The fourth-order valence-electron chi connectivity index (χ4n) is 1.15. The van der Waals surface area contributed by atoms with Crippen LogP contribution in [0.25, 0.3) is 0 Å². The van der Waals surface area contributed by atoms with Gasteiger partial charge in [0.2, 0.25) is 5.91 Å². The Kier molecular flexibility index (Phi) is 2.56. The highest BCUT2D eigenvalue weighted by Crippen LogP contribution is 2.22. The second-order valence-electron chi connectivity index (χ2n) is 3.14. The molecule has 0 aliphatic carbocycles. The Morgan fingerprint density at radius 2 is 2.08 bits per heavy atom. The minimum Gasteiger partial charge on any atom is -0.397 e. The lowest BCUT2D eigenvalue weighted by atomic mass is 10.2. The minimum atomic E-state index is -0.0180. The molecule has 1 rings (SSSR count). The largest absolute Gasteiger partial charge is 0.397 e. The van der Waals surface area contributed by atoms with Crippen LogP contribution in [-0.2, 0) is 4.79 Å². The summed E-state index contributed by atoms with van der Waals surface area (Å²) in [4.78, 5) is 12.6. The summed E-state index contributed by atoms with van der Waals surface area (Å²) >= 11 is 0. The third-order valence-corrected chi connectivity index (χ3v) is 2.02. The summed E-state index contributed by atoms with van der Waals surface area (Å²) in [6.07, 6.45) is 0. The van der Waals surface area contributed by atoms with E-state index in [1.807, 2.05) is 25.1 Å².